The van der Waals surface area contributed by atoms with Crippen LogP contribution in [0.3, 0.4) is 0 Å². The number of pyridine rings is 1. The number of anilines is 1. The van der Waals surface area contributed by atoms with E-state index in [2.05, 4.69) is 49.4 Å². The highest BCUT2D eigenvalue weighted by Gasteiger charge is 2.34. The van der Waals surface area contributed by atoms with E-state index in [1.54, 1.807) is 6.07 Å². The summed E-state index contributed by atoms with van der Waals surface area (Å²) in [5.74, 6) is 2.65. The number of halogens is 1. The predicted octanol–water partition coefficient (Wildman–Crippen LogP) is 6.93. The van der Waals surface area contributed by atoms with Crippen molar-refractivity contribution in [2.45, 2.75) is 84.3 Å². The number of amides is 1. The number of rotatable bonds is 11. The molecular weight excluding hydrogens is 530 g/mol. The summed E-state index contributed by atoms with van der Waals surface area (Å²) in [4.78, 5) is 20.3. The van der Waals surface area contributed by atoms with E-state index >= 15 is 0 Å². The molecule has 4 rings (SSSR count). The van der Waals surface area contributed by atoms with E-state index in [1.807, 2.05) is 19.1 Å². The maximum Gasteiger partial charge on any atom is 0.281 e. The van der Waals surface area contributed by atoms with Gasteiger partial charge in [-0.15, -0.1) is 0 Å². The Hall–Kier alpha value is -2.12. The number of benzene rings is 1. The van der Waals surface area contributed by atoms with Gasteiger partial charge in [-0.25, -0.2) is 9.19 Å². The van der Waals surface area contributed by atoms with Gasteiger partial charge in [0.2, 0.25) is 0 Å². The molecule has 1 aromatic carbocycles. The van der Waals surface area contributed by atoms with Crippen LogP contribution in [0.1, 0.15) is 94.3 Å². The Labute approximate surface area is 241 Å². The Morgan fingerprint density at radius 1 is 1.21 bits per heavy atom. The molecule has 0 radical (unpaired) electrons. The molecule has 1 amide bonds. The van der Waals surface area contributed by atoms with Crippen LogP contribution in [0.2, 0.25) is 5.02 Å². The van der Waals surface area contributed by atoms with Gasteiger partial charge < -0.3 is 9.64 Å². The van der Waals surface area contributed by atoms with Crippen molar-refractivity contribution in [2.24, 2.45) is 17.8 Å². The van der Waals surface area contributed by atoms with Crippen molar-refractivity contribution in [1.82, 2.24) is 9.71 Å². The Morgan fingerprint density at radius 3 is 2.67 bits per heavy atom. The second-order valence-electron chi connectivity index (χ2n) is 11.5. The molecule has 1 aliphatic heterocycles. The van der Waals surface area contributed by atoms with Crippen molar-refractivity contribution in [2.75, 3.05) is 24.6 Å². The predicted molar refractivity (Wildman–Crippen MR) is 161 cm³/mol. The van der Waals surface area contributed by atoms with Crippen LogP contribution in [0, 0.1) is 17.8 Å². The van der Waals surface area contributed by atoms with Gasteiger partial charge in [0.15, 0.2) is 11.6 Å². The Morgan fingerprint density at radius 2 is 2.00 bits per heavy atom. The zero-order valence-corrected chi connectivity index (χ0v) is 25.6. The van der Waals surface area contributed by atoms with Gasteiger partial charge in [0.05, 0.1) is 11.9 Å². The van der Waals surface area contributed by atoms with E-state index < -0.39 is 16.9 Å². The van der Waals surface area contributed by atoms with Crippen molar-refractivity contribution < 1.29 is 13.7 Å². The Kier molecular flexibility index (Phi) is 10.3. The number of fused-ring (bicyclic) bond motifs is 1. The van der Waals surface area contributed by atoms with Crippen molar-refractivity contribution in [1.29, 1.82) is 0 Å². The minimum atomic E-state index is -1.48. The van der Waals surface area contributed by atoms with Gasteiger partial charge >= 0.3 is 0 Å². The van der Waals surface area contributed by atoms with Crippen LogP contribution in [0.25, 0.3) is 0 Å². The SMILES string of the molecule is CCCc1cc(Cl)ccc1C1COc2ccc(C(=O)NS(=O)C(C)C(C)CCC)nc2N(CC2CCC2C)C1. The van der Waals surface area contributed by atoms with Gasteiger partial charge in [-0.3, -0.25) is 9.52 Å². The second kappa shape index (κ2) is 13.5. The summed E-state index contributed by atoms with van der Waals surface area (Å²) in [5.41, 5.74) is 2.80. The van der Waals surface area contributed by atoms with Crippen LogP contribution in [0.5, 0.6) is 5.75 Å². The summed E-state index contributed by atoms with van der Waals surface area (Å²) in [5, 5.41) is 0.625. The molecule has 39 heavy (non-hydrogen) atoms. The van der Waals surface area contributed by atoms with Crippen molar-refractivity contribution in [3.63, 3.8) is 0 Å². The number of hydrogen-bond donors (Lipinski definition) is 1. The summed E-state index contributed by atoms with van der Waals surface area (Å²) in [6, 6.07) is 9.72. The first kappa shape index (κ1) is 29.9. The molecule has 1 aromatic heterocycles. The zero-order chi connectivity index (χ0) is 28.1. The van der Waals surface area contributed by atoms with Gasteiger partial charge in [-0.05, 0) is 79.3 Å². The minimum absolute atomic E-state index is 0.132. The molecule has 1 aliphatic carbocycles. The van der Waals surface area contributed by atoms with Gasteiger partial charge in [-0.1, -0.05) is 64.6 Å². The van der Waals surface area contributed by atoms with E-state index in [4.69, 9.17) is 21.3 Å². The zero-order valence-electron chi connectivity index (χ0n) is 24.0. The Balaban J connectivity index is 1.60. The van der Waals surface area contributed by atoms with Crippen molar-refractivity contribution in [3.8, 4) is 5.75 Å². The molecule has 6 unspecified atom stereocenters. The number of aromatic nitrogens is 1. The van der Waals surface area contributed by atoms with Crippen LogP contribution in [0.4, 0.5) is 5.82 Å². The molecule has 8 heteroatoms. The van der Waals surface area contributed by atoms with Crippen LogP contribution >= 0.6 is 11.6 Å². The number of aryl methyl sites for hydroxylation is 1. The third-order valence-electron chi connectivity index (χ3n) is 8.65. The minimum Gasteiger partial charge on any atom is -0.489 e. The van der Waals surface area contributed by atoms with E-state index in [0.29, 0.717) is 30.0 Å². The third kappa shape index (κ3) is 7.15. The highest BCUT2D eigenvalue weighted by Crippen LogP contribution is 2.39. The molecule has 6 nitrogen and oxygen atoms in total. The quantitative estimate of drug-likeness (QED) is 0.315. The molecule has 2 aromatic rings. The molecule has 6 atom stereocenters. The standard InChI is InChI=1S/C31H44ClN3O3S/c1-6-8-20(3)22(5)39(37)34-31(36)28-14-15-29-30(33-28)35(17-24-11-10-21(24)4)18-25(19-38-29)27-13-12-26(32)16-23(27)9-7-2/h12-16,20-22,24-25H,6-11,17-19H2,1-5H3,(H,34,36). The molecular formula is C31H44ClN3O3S. The molecule has 0 saturated heterocycles. The number of nitrogens with zero attached hydrogens (tertiary/aromatic N) is 2. The van der Waals surface area contributed by atoms with Gasteiger partial charge in [0.25, 0.3) is 5.91 Å². The summed E-state index contributed by atoms with van der Waals surface area (Å²) in [7, 11) is -1.48. The van der Waals surface area contributed by atoms with Gasteiger partial charge in [0.1, 0.15) is 16.7 Å². The molecule has 1 saturated carbocycles. The maximum absolute atomic E-state index is 13.2. The average Bonchev–Trinajstić information content (AvgIpc) is 3.09. The number of nitrogens with one attached hydrogen (secondary N) is 1. The van der Waals surface area contributed by atoms with Crippen LogP contribution in [-0.4, -0.2) is 40.0 Å². The molecule has 214 valence electrons. The number of ether oxygens (including phenoxy) is 1. The van der Waals surface area contributed by atoms with Crippen molar-refractivity contribution >= 4 is 34.3 Å². The fourth-order valence-electron chi connectivity index (χ4n) is 5.73. The highest BCUT2D eigenvalue weighted by atomic mass is 35.5. The van der Waals surface area contributed by atoms with E-state index in [9.17, 15) is 9.00 Å². The van der Waals surface area contributed by atoms with Crippen molar-refractivity contribution in [3.05, 3.63) is 52.2 Å². The topological polar surface area (TPSA) is 71.5 Å². The van der Waals surface area contributed by atoms with E-state index in [1.165, 1.54) is 24.0 Å². The summed E-state index contributed by atoms with van der Waals surface area (Å²) in [6.07, 6.45) is 6.46. The highest BCUT2D eigenvalue weighted by molar-refractivity contribution is 7.84. The van der Waals surface area contributed by atoms with E-state index in [-0.39, 0.29) is 22.8 Å². The largest absolute Gasteiger partial charge is 0.489 e. The number of hydrogen-bond acceptors (Lipinski definition) is 5. The molecule has 1 fully saturated rings. The van der Waals surface area contributed by atoms with Gasteiger partial charge in [-0.2, -0.15) is 0 Å². The lowest BCUT2D eigenvalue weighted by molar-refractivity contribution is 0.0977. The second-order valence-corrected chi connectivity index (χ2v) is 13.5. The number of carbonyl (C=O) groups excluding carboxylic acids is 1. The fraction of sp³-hybridized carbons (Fsp3) is 0.613. The lowest BCUT2D eigenvalue weighted by atomic mass is 9.74. The summed E-state index contributed by atoms with van der Waals surface area (Å²) < 4.78 is 22.0. The molecule has 0 bridgehead atoms. The lowest BCUT2D eigenvalue weighted by Crippen LogP contribution is -2.40. The molecule has 2 heterocycles. The first-order valence-corrected chi connectivity index (χ1v) is 16.2. The lowest BCUT2D eigenvalue weighted by Gasteiger charge is -2.39. The third-order valence-corrected chi connectivity index (χ3v) is 10.4. The summed E-state index contributed by atoms with van der Waals surface area (Å²) >= 11 is 6.36. The van der Waals surface area contributed by atoms with Crippen LogP contribution in [-0.2, 0) is 17.4 Å². The smallest absolute Gasteiger partial charge is 0.281 e. The maximum atomic E-state index is 13.2. The number of carbonyl (C=O) groups is 1. The van der Waals surface area contributed by atoms with Crippen LogP contribution in [0.15, 0.2) is 30.3 Å². The molecule has 0 spiro atoms. The molecule has 2 aliphatic rings. The average molecular weight is 574 g/mol. The normalized spacial score (nSPS) is 23.0. The van der Waals surface area contributed by atoms with E-state index in [0.717, 1.165) is 43.8 Å². The van der Waals surface area contributed by atoms with Gasteiger partial charge in [0, 0.05) is 24.0 Å². The summed E-state index contributed by atoms with van der Waals surface area (Å²) in [6.45, 7) is 12.8. The monoisotopic (exact) mass is 573 g/mol. The Bertz CT molecular complexity index is 1180. The fourth-order valence-corrected chi connectivity index (χ4v) is 6.96. The van der Waals surface area contributed by atoms with Crippen LogP contribution < -0.4 is 14.4 Å². The molecule has 1 N–H and O–H groups in total. The first-order valence-electron chi connectivity index (χ1n) is 14.6. The first-order chi connectivity index (χ1) is 18.7.